The fourth-order valence-corrected chi connectivity index (χ4v) is 6.39. The lowest BCUT2D eigenvalue weighted by atomic mass is 10.1. The fourth-order valence-electron chi connectivity index (χ4n) is 4.24. The van der Waals surface area contributed by atoms with Gasteiger partial charge in [-0.1, -0.05) is 18.2 Å². The topological polar surface area (TPSA) is 110 Å². The Bertz CT molecular complexity index is 1420. The van der Waals surface area contributed by atoms with E-state index in [-0.39, 0.29) is 28.6 Å². The van der Waals surface area contributed by atoms with E-state index in [1.54, 1.807) is 36.4 Å². The van der Waals surface area contributed by atoms with E-state index in [0.29, 0.717) is 33.5 Å². The van der Waals surface area contributed by atoms with Crippen LogP contribution < -0.4 is 4.90 Å². The highest BCUT2D eigenvalue weighted by Crippen LogP contribution is 2.39. The largest absolute Gasteiger partial charge is 0.303 e. The number of carbonyl (C=O) groups is 1. The predicted octanol–water partition coefficient (Wildman–Crippen LogP) is 4.81. The van der Waals surface area contributed by atoms with E-state index in [2.05, 4.69) is 20.9 Å². The maximum Gasteiger partial charge on any atom is 0.283 e. The Balaban J connectivity index is 1.59. The van der Waals surface area contributed by atoms with Crippen molar-refractivity contribution in [1.82, 2.24) is 4.98 Å². The summed E-state index contributed by atoms with van der Waals surface area (Å²) in [5.41, 5.74) is 2.57. The van der Waals surface area contributed by atoms with Crippen LogP contribution in [0.4, 0.5) is 11.4 Å². The molecule has 10 heteroatoms. The Kier molecular flexibility index (Phi) is 5.73. The quantitative estimate of drug-likeness (QED) is 0.327. The van der Waals surface area contributed by atoms with Gasteiger partial charge in [-0.05, 0) is 70.6 Å². The maximum atomic E-state index is 13.7. The maximum absolute atomic E-state index is 13.7. The van der Waals surface area contributed by atoms with Gasteiger partial charge in [0.15, 0.2) is 9.84 Å². The minimum absolute atomic E-state index is 0.0111. The number of rotatable bonds is 6. The number of hydrogen-bond acceptors (Lipinski definition) is 6. The van der Waals surface area contributed by atoms with Crippen molar-refractivity contribution in [2.75, 3.05) is 10.7 Å². The number of fused-ring (bicyclic) bond motifs is 1. The van der Waals surface area contributed by atoms with E-state index in [1.165, 1.54) is 17.2 Å². The second kappa shape index (κ2) is 8.59. The Morgan fingerprint density at radius 1 is 1.18 bits per heavy atom. The number of amides is 1. The molecule has 0 saturated heterocycles. The van der Waals surface area contributed by atoms with Crippen LogP contribution >= 0.6 is 15.9 Å². The molecule has 174 valence electrons. The van der Waals surface area contributed by atoms with Crippen molar-refractivity contribution in [2.45, 2.75) is 36.6 Å². The predicted molar refractivity (Wildman–Crippen MR) is 130 cm³/mol. The fraction of sp³-hybridized carbons (Fsp3) is 0.250. The first-order valence-electron chi connectivity index (χ1n) is 10.8. The lowest BCUT2D eigenvalue weighted by Gasteiger charge is -2.25. The van der Waals surface area contributed by atoms with Gasteiger partial charge in [0, 0.05) is 23.9 Å². The molecule has 0 bridgehead atoms. The van der Waals surface area contributed by atoms with Gasteiger partial charge in [-0.3, -0.25) is 19.9 Å². The molecule has 8 nitrogen and oxygen atoms in total. The molecule has 3 aromatic rings. The van der Waals surface area contributed by atoms with Gasteiger partial charge in [-0.15, -0.1) is 0 Å². The molecule has 0 radical (unpaired) electrons. The van der Waals surface area contributed by atoms with E-state index in [1.807, 2.05) is 6.07 Å². The molecule has 2 aliphatic rings. The molecule has 1 aliphatic heterocycles. The third-order valence-electron chi connectivity index (χ3n) is 6.14. The summed E-state index contributed by atoms with van der Waals surface area (Å²) < 4.78 is 26.0. The van der Waals surface area contributed by atoms with Gasteiger partial charge in [-0.25, -0.2) is 8.42 Å². The minimum Gasteiger partial charge on any atom is -0.303 e. The van der Waals surface area contributed by atoms with Crippen molar-refractivity contribution in [2.24, 2.45) is 0 Å². The molecule has 1 aromatic heterocycles. The van der Waals surface area contributed by atoms with Crippen LogP contribution in [0.15, 0.2) is 64.1 Å². The first-order valence-corrected chi connectivity index (χ1v) is 13.2. The molecule has 0 unspecified atom stereocenters. The smallest absolute Gasteiger partial charge is 0.283 e. The summed E-state index contributed by atoms with van der Waals surface area (Å²) in [6, 6.07) is 13.2. The normalized spacial score (nSPS) is 16.1. The Morgan fingerprint density at radius 2 is 1.97 bits per heavy atom. The number of aromatic nitrogens is 1. The van der Waals surface area contributed by atoms with Gasteiger partial charge in [0.25, 0.3) is 11.6 Å². The molecule has 2 heterocycles. The van der Waals surface area contributed by atoms with Crippen molar-refractivity contribution in [3.63, 3.8) is 0 Å². The highest BCUT2D eigenvalue weighted by Gasteiger charge is 2.33. The van der Waals surface area contributed by atoms with Crippen LogP contribution in [-0.2, 0) is 22.8 Å². The van der Waals surface area contributed by atoms with E-state index < -0.39 is 20.7 Å². The summed E-state index contributed by atoms with van der Waals surface area (Å²) in [6.07, 6.45) is 4.07. The van der Waals surface area contributed by atoms with E-state index in [0.717, 1.165) is 18.5 Å². The third kappa shape index (κ3) is 4.23. The molecule has 1 fully saturated rings. The number of pyridine rings is 1. The van der Waals surface area contributed by atoms with E-state index in [9.17, 15) is 23.3 Å². The van der Waals surface area contributed by atoms with Crippen LogP contribution in [0.25, 0.3) is 0 Å². The molecule has 1 amide bonds. The molecule has 2 aromatic carbocycles. The SMILES string of the molecule is O=C(c1ccc(C2CC2)nc1)N(Cc1ccc(Br)c([N+](=O)[O-])c1)c1cccc2c1S(=O)(=O)CC2. The Hall–Kier alpha value is -3.11. The highest BCUT2D eigenvalue weighted by atomic mass is 79.9. The lowest BCUT2D eigenvalue weighted by molar-refractivity contribution is -0.385. The Labute approximate surface area is 204 Å². The highest BCUT2D eigenvalue weighted by molar-refractivity contribution is 9.10. The monoisotopic (exact) mass is 541 g/mol. The minimum atomic E-state index is -3.55. The molecular formula is C24H20BrN3O5S. The molecule has 1 aliphatic carbocycles. The number of sulfone groups is 1. The van der Waals surface area contributed by atoms with E-state index in [4.69, 9.17) is 0 Å². The van der Waals surface area contributed by atoms with Crippen LogP contribution in [0.3, 0.4) is 0 Å². The molecule has 5 rings (SSSR count). The van der Waals surface area contributed by atoms with Gasteiger partial charge in [-0.2, -0.15) is 0 Å². The molecular weight excluding hydrogens is 522 g/mol. The number of nitro groups is 1. The van der Waals surface area contributed by atoms with Crippen LogP contribution in [-0.4, -0.2) is 30.0 Å². The van der Waals surface area contributed by atoms with Crippen molar-refractivity contribution in [1.29, 1.82) is 0 Å². The molecule has 1 saturated carbocycles. The van der Waals surface area contributed by atoms with Gasteiger partial charge < -0.3 is 4.90 Å². The number of nitrogens with zero attached hydrogens (tertiary/aromatic N) is 3. The lowest BCUT2D eigenvalue weighted by Crippen LogP contribution is -2.31. The van der Waals surface area contributed by atoms with Gasteiger partial charge in [0.05, 0.1) is 37.8 Å². The zero-order chi connectivity index (χ0) is 24.0. The number of anilines is 1. The van der Waals surface area contributed by atoms with Crippen molar-refractivity contribution in [3.05, 3.63) is 91.7 Å². The number of hydrogen-bond donors (Lipinski definition) is 0. The zero-order valence-electron chi connectivity index (χ0n) is 18.0. The van der Waals surface area contributed by atoms with Crippen molar-refractivity contribution < 1.29 is 18.1 Å². The molecule has 0 atom stereocenters. The van der Waals surface area contributed by atoms with Gasteiger partial charge in [0.1, 0.15) is 0 Å². The van der Waals surface area contributed by atoms with E-state index >= 15 is 0 Å². The zero-order valence-corrected chi connectivity index (χ0v) is 20.4. The van der Waals surface area contributed by atoms with Crippen molar-refractivity contribution >= 4 is 43.0 Å². The average Bonchev–Trinajstić information content (AvgIpc) is 3.62. The van der Waals surface area contributed by atoms with Gasteiger partial charge in [0.2, 0.25) is 0 Å². The standard InChI is InChI=1S/C24H20BrN3O5S/c25-19-8-4-15(12-22(19)28(30)31)14-27(21-3-1-2-17-10-11-34(32,33)23(17)21)24(29)18-7-9-20(26-13-18)16-5-6-16/h1-4,7-9,12-13,16H,5-6,10-11,14H2. The molecule has 34 heavy (non-hydrogen) atoms. The second-order valence-electron chi connectivity index (χ2n) is 8.51. The molecule has 0 spiro atoms. The number of halogens is 1. The van der Waals surface area contributed by atoms with Crippen LogP contribution in [0, 0.1) is 10.1 Å². The number of carbonyl (C=O) groups excluding carboxylic acids is 1. The summed E-state index contributed by atoms with van der Waals surface area (Å²) in [4.78, 5) is 30.6. The average molecular weight is 542 g/mol. The van der Waals surface area contributed by atoms with Gasteiger partial charge >= 0.3 is 0 Å². The van der Waals surface area contributed by atoms with Crippen LogP contribution in [0.2, 0.25) is 0 Å². The van der Waals surface area contributed by atoms with Crippen LogP contribution in [0.5, 0.6) is 0 Å². The first kappa shape index (κ1) is 22.7. The Morgan fingerprint density at radius 3 is 2.65 bits per heavy atom. The molecule has 0 N–H and O–H groups in total. The summed E-state index contributed by atoms with van der Waals surface area (Å²) in [7, 11) is -3.55. The number of aryl methyl sites for hydroxylation is 1. The first-order chi connectivity index (χ1) is 16.2. The third-order valence-corrected chi connectivity index (χ3v) is 8.65. The van der Waals surface area contributed by atoms with Crippen molar-refractivity contribution in [3.8, 4) is 0 Å². The summed E-state index contributed by atoms with van der Waals surface area (Å²) >= 11 is 3.18. The summed E-state index contributed by atoms with van der Waals surface area (Å²) in [6.45, 7) is -0.0384. The second-order valence-corrected chi connectivity index (χ2v) is 11.4. The van der Waals surface area contributed by atoms with Crippen LogP contribution in [0.1, 0.15) is 45.9 Å². The summed E-state index contributed by atoms with van der Waals surface area (Å²) in [5.74, 6) is 0.00463. The number of benzene rings is 2. The number of nitro benzene ring substituents is 1. The summed E-state index contributed by atoms with van der Waals surface area (Å²) in [5, 5.41) is 11.4.